The Labute approximate surface area is 232 Å². The van der Waals surface area contributed by atoms with E-state index in [0.29, 0.717) is 58.1 Å². The molecule has 0 radical (unpaired) electrons. The van der Waals surface area contributed by atoms with Gasteiger partial charge in [0.05, 0.1) is 11.9 Å². The highest BCUT2D eigenvalue weighted by atomic mass is 35.5. The maximum absolute atomic E-state index is 13.1. The molecule has 0 bridgehead atoms. The van der Waals surface area contributed by atoms with Crippen LogP contribution in [0, 0.1) is 11.8 Å². The molecule has 1 aliphatic heterocycles. The van der Waals surface area contributed by atoms with Gasteiger partial charge in [0.15, 0.2) is 11.3 Å². The normalized spacial score (nSPS) is 23.1. The molecule has 39 heavy (non-hydrogen) atoms. The number of halogens is 1. The Hall–Kier alpha value is -3.24. The molecule has 4 N–H and O–H groups in total. The predicted molar refractivity (Wildman–Crippen MR) is 151 cm³/mol. The van der Waals surface area contributed by atoms with Crippen molar-refractivity contribution in [2.24, 2.45) is 11.8 Å². The van der Waals surface area contributed by atoms with Crippen molar-refractivity contribution in [3.63, 3.8) is 0 Å². The summed E-state index contributed by atoms with van der Waals surface area (Å²) in [5, 5.41) is 18.4. The van der Waals surface area contributed by atoms with Crippen molar-refractivity contribution < 1.29 is 9.59 Å². The summed E-state index contributed by atoms with van der Waals surface area (Å²) in [5.41, 5.74) is 2.36. The van der Waals surface area contributed by atoms with Crippen molar-refractivity contribution in [2.45, 2.75) is 69.9 Å². The number of nitrogens with one attached hydrogen (secondary N) is 4. The molecule has 10 nitrogen and oxygen atoms in total. The highest BCUT2D eigenvalue weighted by molar-refractivity contribution is 6.29. The Kier molecular flexibility index (Phi) is 7.65. The molecule has 3 fully saturated rings. The maximum Gasteiger partial charge on any atom is 0.276 e. The molecule has 1 amide bonds. The molecule has 0 spiro atoms. The summed E-state index contributed by atoms with van der Waals surface area (Å²) in [6.45, 7) is 2.02. The van der Waals surface area contributed by atoms with Gasteiger partial charge in [-0.15, -0.1) is 5.10 Å². The molecule has 3 aromatic heterocycles. The van der Waals surface area contributed by atoms with Crippen LogP contribution in [0.1, 0.15) is 68.3 Å². The minimum absolute atomic E-state index is 0.272. The van der Waals surface area contributed by atoms with Crippen molar-refractivity contribution >= 4 is 46.1 Å². The van der Waals surface area contributed by atoms with Crippen LogP contribution < -0.4 is 21.3 Å². The summed E-state index contributed by atoms with van der Waals surface area (Å²) in [7, 11) is 0. The van der Waals surface area contributed by atoms with E-state index in [4.69, 9.17) is 16.7 Å². The third-order valence-electron chi connectivity index (χ3n) is 8.02. The van der Waals surface area contributed by atoms with E-state index in [1.807, 2.05) is 6.07 Å². The van der Waals surface area contributed by atoms with Crippen LogP contribution in [0.25, 0.3) is 5.65 Å². The summed E-state index contributed by atoms with van der Waals surface area (Å²) in [6.07, 6.45) is 11.9. The van der Waals surface area contributed by atoms with Crippen LogP contribution in [0.5, 0.6) is 0 Å². The number of nitrogens with zero attached hydrogens (tertiary/aromatic N) is 4. The highest BCUT2D eigenvalue weighted by Gasteiger charge is 2.27. The number of hydrogen-bond donors (Lipinski definition) is 4. The monoisotopic (exact) mass is 550 g/mol. The summed E-state index contributed by atoms with van der Waals surface area (Å²) in [5.74, 6) is 1.79. The fourth-order valence-corrected chi connectivity index (χ4v) is 5.93. The van der Waals surface area contributed by atoms with Crippen molar-refractivity contribution in [2.75, 3.05) is 29.0 Å². The number of carbonyl (C=O) groups is 2. The number of Topliss-reactive ketones (excluding diaryl/α,β-unsaturated/α-hetero) is 1. The van der Waals surface area contributed by atoms with Crippen molar-refractivity contribution in [1.29, 1.82) is 0 Å². The zero-order chi connectivity index (χ0) is 26.8. The van der Waals surface area contributed by atoms with Crippen LogP contribution in [0.3, 0.4) is 0 Å². The lowest BCUT2D eigenvalue weighted by Gasteiger charge is -2.29. The van der Waals surface area contributed by atoms with E-state index in [9.17, 15) is 9.59 Å². The Morgan fingerprint density at radius 1 is 0.974 bits per heavy atom. The third kappa shape index (κ3) is 6.50. The van der Waals surface area contributed by atoms with E-state index >= 15 is 0 Å². The number of aromatic nitrogens is 4. The van der Waals surface area contributed by atoms with Gasteiger partial charge in [-0.1, -0.05) is 11.6 Å². The molecule has 1 atom stereocenters. The van der Waals surface area contributed by atoms with Crippen LogP contribution in [0.15, 0.2) is 30.6 Å². The van der Waals surface area contributed by atoms with Gasteiger partial charge in [0.25, 0.3) is 5.91 Å². The van der Waals surface area contributed by atoms with Gasteiger partial charge in [-0.3, -0.25) is 9.59 Å². The first-order chi connectivity index (χ1) is 19.0. The number of imidazole rings is 1. The van der Waals surface area contributed by atoms with E-state index in [2.05, 4.69) is 31.2 Å². The molecular weight excluding hydrogens is 516 g/mol. The average Bonchev–Trinajstić information content (AvgIpc) is 3.38. The molecule has 0 unspecified atom stereocenters. The van der Waals surface area contributed by atoms with Crippen LogP contribution in [0.2, 0.25) is 5.15 Å². The van der Waals surface area contributed by atoms with Crippen LogP contribution in [-0.4, -0.2) is 56.4 Å². The second-order valence-electron chi connectivity index (χ2n) is 11.2. The minimum atomic E-state index is -0.328. The fourth-order valence-electron chi connectivity index (χ4n) is 5.76. The van der Waals surface area contributed by atoms with Gasteiger partial charge in [-0.05, 0) is 82.0 Å². The van der Waals surface area contributed by atoms with Gasteiger partial charge in [-0.25, -0.2) is 14.5 Å². The number of rotatable bonds is 10. The lowest BCUT2D eigenvalue weighted by molar-refractivity contribution is -0.121. The first-order valence-electron chi connectivity index (χ1n) is 14.1. The van der Waals surface area contributed by atoms with Gasteiger partial charge < -0.3 is 21.3 Å². The van der Waals surface area contributed by atoms with Crippen LogP contribution >= 0.6 is 11.6 Å². The Morgan fingerprint density at radius 3 is 2.49 bits per heavy atom. The van der Waals surface area contributed by atoms with Gasteiger partial charge in [-0.2, -0.15) is 0 Å². The lowest BCUT2D eigenvalue weighted by Crippen LogP contribution is -2.28. The molecule has 3 aliphatic rings. The van der Waals surface area contributed by atoms with E-state index in [1.54, 1.807) is 29.0 Å². The number of pyridine rings is 1. The third-order valence-corrected chi connectivity index (χ3v) is 8.22. The summed E-state index contributed by atoms with van der Waals surface area (Å²) in [4.78, 5) is 34.2. The zero-order valence-corrected chi connectivity index (χ0v) is 22.7. The number of amides is 1. The van der Waals surface area contributed by atoms with E-state index < -0.39 is 0 Å². The van der Waals surface area contributed by atoms with E-state index in [-0.39, 0.29) is 11.9 Å². The number of hydrogen-bond acceptors (Lipinski definition) is 8. The smallest absolute Gasteiger partial charge is 0.276 e. The summed E-state index contributed by atoms with van der Waals surface area (Å²) < 4.78 is 1.60. The molecule has 3 aromatic rings. The number of ketones is 1. The van der Waals surface area contributed by atoms with Crippen LogP contribution in [-0.2, 0) is 4.79 Å². The molecule has 2 saturated carbocycles. The zero-order valence-electron chi connectivity index (χ0n) is 22.0. The van der Waals surface area contributed by atoms with E-state index in [0.717, 1.165) is 70.1 Å². The Morgan fingerprint density at radius 2 is 1.74 bits per heavy atom. The number of fused-ring (bicyclic) bond motifs is 1. The van der Waals surface area contributed by atoms with Gasteiger partial charge in [0.1, 0.15) is 16.8 Å². The van der Waals surface area contributed by atoms with Gasteiger partial charge >= 0.3 is 0 Å². The van der Waals surface area contributed by atoms with Crippen LogP contribution in [0.4, 0.5) is 17.2 Å². The predicted octanol–water partition coefficient (Wildman–Crippen LogP) is 4.53. The topological polar surface area (TPSA) is 125 Å². The molecule has 206 valence electrons. The molecule has 0 aromatic carbocycles. The Balaban J connectivity index is 1.13. The second kappa shape index (κ2) is 11.5. The largest absolute Gasteiger partial charge is 0.379 e. The lowest BCUT2D eigenvalue weighted by atomic mass is 9.82. The number of anilines is 3. The first-order valence-corrected chi connectivity index (χ1v) is 14.4. The molecular formula is C28H35ClN8O2. The second-order valence-corrected chi connectivity index (χ2v) is 11.6. The fraction of sp³-hybridized carbons (Fsp3) is 0.536. The molecule has 1 saturated heterocycles. The number of carbonyl (C=O) groups excluding carboxylic acids is 2. The first kappa shape index (κ1) is 26.0. The molecule has 4 heterocycles. The summed E-state index contributed by atoms with van der Waals surface area (Å²) in [6, 6.07) is 5.97. The van der Waals surface area contributed by atoms with Gasteiger partial charge in [0, 0.05) is 42.9 Å². The molecule has 11 heteroatoms. The minimum Gasteiger partial charge on any atom is -0.379 e. The van der Waals surface area contributed by atoms with E-state index in [1.165, 1.54) is 0 Å². The highest BCUT2D eigenvalue weighted by Crippen LogP contribution is 2.32. The average molecular weight is 551 g/mol. The van der Waals surface area contributed by atoms with Crippen molar-refractivity contribution in [3.05, 3.63) is 41.4 Å². The quantitative estimate of drug-likeness (QED) is 0.271. The molecule has 6 rings (SSSR count). The van der Waals surface area contributed by atoms with Crippen molar-refractivity contribution in [3.8, 4) is 0 Å². The maximum atomic E-state index is 13.1. The van der Waals surface area contributed by atoms with Gasteiger partial charge in [0.2, 0.25) is 0 Å². The standard InChI is InChI=1S/C28H35ClN8O2/c29-25-13-21(8-10-31-25)35-28(39)24-16-32-27-23(33-19-5-6-19)14-26(36-37(24)27)34-20-3-1-17(2-4-20)11-22(38)12-18-7-9-30-15-18/h8,10,13-14,16-20,30,33H,1-7,9,11-12,15H2,(H,34,36)(H,31,35,39)/t17?,18-,20?/m0/s1. The SMILES string of the molecule is O=C(CC1CCC(Nc2cc(NC3CC3)c3ncc(C(=O)Nc4ccnc(Cl)c4)n3n2)CC1)C[C@@H]1CCNC1. The Bertz CT molecular complexity index is 1340. The van der Waals surface area contributed by atoms with Crippen molar-refractivity contribution in [1.82, 2.24) is 24.9 Å². The molecule has 2 aliphatic carbocycles. The summed E-state index contributed by atoms with van der Waals surface area (Å²) >= 11 is 5.98.